The van der Waals surface area contributed by atoms with Crippen LogP contribution in [-0.4, -0.2) is 26.3 Å². The van der Waals surface area contributed by atoms with E-state index in [4.69, 9.17) is 9.47 Å². The molecule has 0 spiro atoms. The molecule has 3 nitrogen and oxygen atoms in total. The molecule has 0 radical (unpaired) electrons. The van der Waals surface area contributed by atoms with Crippen molar-refractivity contribution in [3.63, 3.8) is 0 Å². The molecule has 1 N–H and O–H groups in total. The van der Waals surface area contributed by atoms with Gasteiger partial charge in [-0.1, -0.05) is 0 Å². The molecule has 0 saturated carbocycles. The SMILES string of the molecule is FCc1cc2c(c(C3CCNC3)c1)OCCO2. The van der Waals surface area contributed by atoms with Crippen molar-refractivity contribution < 1.29 is 13.9 Å². The summed E-state index contributed by atoms with van der Waals surface area (Å²) < 4.78 is 24.1. The van der Waals surface area contributed by atoms with Gasteiger partial charge >= 0.3 is 0 Å². The third kappa shape index (κ3) is 1.97. The molecule has 2 aliphatic heterocycles. The second-order valence-corrected chi connectivity index (χ2v) is 4.53. The van der Waals surface area contributed by atoms with Crippen LogP contribution in [0, 0.1) is 0 Å². The Balaban J connectivity index is 2.04. The van der Waals surface area contributed by atoms with E-state index in [1.165, 1.54) is 0 Å². The summed E-state index contributed by atoms with van der Waals surface area (Å²) in [4.78, 5) is 0. The molecule has 92 valence electrons. The lowest BCUT2D eigenvalue weighted by Gasteiger charge is -2.24. The summed E-state index contributed by atoms with van der Waals surface area (Å²) in [6.45, 7) is 2.62. The van der Waals surface area contributed by atoms with Gasteiger partial charge < -0.3 is 14.8 Å². The highest BCUT2D eigenvalue weighted by Crippen LogP contribution is 2.40. The fourth-order valence-electron chi connectivity index (χ4n) is 2.54. The van der Waals surface area contributed by atoms with Gasteiger partial charge in [-0.25, -0.2) is 4.39 Å². The average molecular weight is 237 g/mol. The van der Waals surface area contributed by atoms with E-state index >= 15 is 0 Å². The van der Waals surface area contributed by atoms with Crippen molar-refractivity contribution in [3.8, 4) is 11.5 Å². The summed E-state index contributed by atoms with van der Waals surface area (Å²) in [6, 6.07) is 3.67. The highest BCUT2D eigenvalue weighted by atomic mass is 19.1. The summed E-state index contributed by atoms with van der Waals surface area (Å²) in [5.41, 5.74) is 1.77. The van der Waals surface area contributed by atoms with E-state index in [0.717, 1.165) is 30.8 Å². The van der Waals surface area contributed by atoms with E-state index in [1.807, 2.05) is 6.07 Å². The van der Waals surface area contributed by atoms with Gasteiger partial charge in [0.05, 0.1) is 0 Å². The Hall–Kier alpha value is -1.29. The number of rotatable bonds is 2. The standard InChI is InChI=1S/C13H16FNO2/c14-7-9-5-11(10-1-2-15-8-10)13-12(6-9)16-3-4-17-13/h5-6,10,15H,1-4,7-8H2. The maximum atomic E-state index is 12.9. The minimum atomic E-state index is -0.455. The van der Waals surface area contributed by atoms with Gasteiger partial charge in [0.25, 0.3) is 0 Å². The van der Waals surface area contributed by atoms with Gasteiger partial charge in [0, 0.05) is 18.0 Å². The lowest BCUT2D eigenvalue weighted by atomic mass is 9.95. The zero-order valence-electron chi connectivity index (χ0n) is 9.67. The van der Waals surface area contributed by atoms with Crippen LogP contribution in [0.2, 0.25) is 0 Å². The van der Waals surface area contributed by atoms with Gasteiger partial charge in [-0.05, 0) is 30.7 Å². The second-order valence-electron chi connectivity index (χ2n) is 4.53. The second kappa shape index (κ2) is 4.53. The molecule has 4 heteroatoms. The Labute approximate surface area is 99.9 Å². The van der Waals surface area contributed by atoms with Crippen LogP contribution in [0.3, 0.4) is 0 Å². The molecule has 1 aromatic carbocycles. The Morgan fingerprint density at radius 1 is 1.29 bits per heavy atom. The van der Waals surface area contributed by atoms with E-state index in [2.05, 4.69) is 5.32 Å². The zero-order valence-corrected chi connectivity index (χ0v) is 9.67. The lowest BCUT2D eigenvalue weighted by Crippen LogP contribution is -2.18. The monoisotopic (exact) mass is 237 g/mol. The van der Waals surface area contributed by atoms with Gasteiger partial charge in [0.2, 0.25) is 0 Å². The van der Waals surface area contributed by atoms with Crippen molar-refractivity contribution in [1.82, 2.24) is 5.32 Å². The topological polar surface area (TPSA) is 30.5 Å². The molecule has 2 heterocycles. The molecule has 1 saturated heterocycles. The highest BCUT2D eigenvalue weighted by molar-refractivity contribution is 5.52. The van der Waals surface area contributed by atoms with Crippen molar-refractivity contribution >= 4 is 0 Å². The zero-order chi connectivity index (χ0) is 11.7. The van der Waals surface area contributed by atoms with Crippen LogP contribution in [0.5, 0.6) is 11.5 Å². The number of benzene rings is 1. The first-order valence-corrected chi connectivity index (χ1v) is 6.07. The van der Waals surface area contributed by atoms with Crippen molar-refractivity contribution in [2.24, 2.45) is 0 Å². The lowest BCUT2D eigenvalue weighted by molar-refractivity contribution is 0.169. The van der Waals surface area contributed by atoms with Gasteiger partial charge in [0.15, 0.2) is 11.5 Å². The number of nitrogens with one attached hydrogen (secondary N) is 1. The van der Waals surface area contributed by atoms with Gasteiger partial charge in [0.1, 0.15) is 19.9 Å². The summed E-state index contributed by atoms with van der Waals surface area (Å²) in [7, 11) is 0. The Kier molecular flexibility index (Phi) is 2.89. The molecule has 0 bridgehead atoms. The Morgan fingerprint density at radius 2 is 2.18 bits per heavy atom. The fourth-order valence-corrected chi connectivity index (χ4v) is 2.54. The molecule has 0 amide bonds. The van der Waals surface area contributed by atoms with E-state index in [9.17, 15) is 4.39 Å². The van der Waals surface area contributed by atoms with Crippen molar-refractivity contribution in [3.05, 3.63) is 23.3 Å². The number of ether oxygens (including phenoxy) is 2. The largest absolute Gasteiger partial charge is 0.486 e. The van der Waals surface area contributed by atoms with Crippen molar-refractivity contribution in [2.45, 2.75) is 19.0 Å². The van der Waals surface area contributed by atoms with E-state index in [-0.39, 0.29) is 0 Å². The number of halogens is 1. The number of hydrogen-bond acceptors (Lipinski definition) is 3. The highest BCUT2D eigenvalue weighted by Gasteiger charge is 2.25. The Bertz CT molecular complexity index is 416. The third-order valence-electron chi connectivity index (χ3n) is 3.39. The van der Waals surface area contributed by atoms with Crippen molar-refractivity contribution in [1.29, 1.82) is 0 Å². The van der Waals surface area contributed by atoms with Crippen LogP contribution in [-0.2, 0) is 6.67 Å². The van der Waals surface area contributed by atoms with Crippen LogP contribution in [0.25, 0.3) is 0 Å². The summed E-state index contributed by atoms with van der Waals surface area (Å²) in [6.07, 6.45) is 1.07. The first-order valence-electron chi connectivity index (χ1n) is 6.07. The summed E-state index contributed by atoms with van der Waals surface area (Å²) in [5.74, 6) is 1.94. The number of alkyl halides is 1. The Morgan fingerprint density at radius 3 is 2.94 bits per heavy atom. The molecule has 1 atom stereocenters. The molecule has 1 fully saturated rings. The summed E-state index contributed by atoms with van der Waals surface area (Å²) >= 11 is 0. The molecular weight excluding hydrogens is 221 g/mol. The van der Waals surface area contributed by atoms with Crippen LogP contribution in [0.15, 0.2) is 12.1 Å². The van der Waals surface area contributed by atoms with E-state index < -0.39 is 6.67 Å². The minimum absolute atomic E-state index is 0.414. The van der Waals surface area contributed by atoms with E-state index in [1.54, 1.807) is 6.07 Å². The van der Waals surface area contributed by atoms with E-state index in [0.29, 0.717) is 30.4 Å². The van der Waals surface area contributed by atoms with Gasteiger partial charge in [-0.3, -0.25) is 0 Å². The van der Waals surface area contributed by atoms with Crippen LogP contribution in [0.1, 0.15) is 23.5 Å². The van der Waals surface area contributed by atoms with Crippen LogP contribution >= 0.6 is 0 Å². The molecule has 1 unspecified atom stereocenters. The van der Waals surface area contributed by atoms with Crippen LogP contribution in [0.4, 0.5) is 4.39 Å². The molecule has 0 aliphatic carbocycles. The van der Waals surface area contributed by atoms with Crippen LogP contribution < -0.4 is 14.8 Å². The molecule has 3 rings (SSSR count). The fraction of sp³-hybridized carbons (Fsp3) is 0.538. The molecule has 17 heavy (non-hydrogen) atoms. The predicted molar refractivity (Wildman–Crippen MR) is 62.5 cm³/mol. The molecule has 2 aliphatic rings. The third-order valence-corrected chi connectivity index (χ3v) is 3.39. The maximum Gasteiger partial charge on any atom is 0.164 e. The maximum absolute atomic E-state index is 12.9. The number of fused-ring (bicyclic) bond motifs is 1. The van der Waals surface area contributed by atoms with Gasteiger partial charge in [-0.2, -0.15) is 0 Å². The summed E-state index contributed by atoms with van der Waals surface area (Å²) in [5, 5.41) is 3.32. The van der Waals surface area contributed by atoms with Gasteiger partial charge in [-0.15, -0.1) is 0 Å². The van der Waals surface area contributed by atoms with Crippen molar-refractivity contribution in [2.75, 3.05) is 26.3 Å². The smallest absolute Gasteiger partial charge is 0.164 e. The molecule has 0 aromatic heterocycles. The number of hydrogen-bond donors (Lipinski definition) is 1. The normalized spacial score (nSPS) is 22.8. The average Bonchev–Trinajstić information content (AvgIpc) is 2.91. The predicted octanol–water partition coefficient (Wildman–Crippen LogP) is 2.00. The first kappa shape index (κ1) is 10.8. The molecular formula is C13H16FNO2. The first-order chi connectivity index (χ1) is 8.38. The molecule has 1 aromatic rings. The quantitative estimate of drug-likeness (QED) is 0.853. The minimum Gasteiger partial charge on any atom is -0.486 e.